The number of hydrogen-bond acceptors (Lipinski definition) is 3. The molecule has 1 amide bonds. The van der Waals surface area contributed by atoms with Crippen LogP contribution in [0.3, 0.4) is 0 Å². The molecule has 0 radical (unpaired) electrons. The molecule has 25 heavy (non-hydrogen) atoms. The van der Waals surface area contributed by atoms with Crippen LogP contribution in [0, 0.1) is 6.92 Å². The van der Waals surface area contributed by atoms with Gasteiger partial charge in [-0.3, -0.25) is 4.79 Å². The largest absolute Gasteiger partial charge is 0.452 e. The van der Waals surface area contributed by atoms with E-state index < -0.39 is 5.97 Å². The molecule has 0 heterocycles. The zero-order valence-electron chi connectivity index (χ0n) is 14.7. The van der Waals surface area contributed by atoms with Crippen molar-refractivity contribution in [1.29, 1.82) is 0 Å². The molecule has 0 atom stereocenters. The Hall–Kier alpha value is -2.62. The Morgan fingerprint density at radius 1 is 1.12 bits per heavy atom. The molecule has 2 aromatic carbocycles. The summed E-state index contributed by atoms with van der Waals surface area (Å²) in [6.07, 6.45) is 4.03. The van der Waals surface area contributed by atoms with Crippen molar-refractivity contribution >= 4 is 17.6 Å². The van der Waals surface area contributed by atoms with Crippen molar-refractivity contribution < 1.29 is 14.3 Å². The third-order valence-electron chi connectivity index (χ3n) is 4.67. The molecule has 2 aromatic rings. The van der Waals surface area contributed by atoms with Gasteiger partial charge in [0.25, 0.3) is 5.91 Å². The minimum Gasteiger partial charge on any atom is -0.452 e. The van der Waals surface area contributed by atoms with Crippen LogP contribution in [0.15, 0.2) is 36.4 Å². The first-order valence-electron chi connectivity index (χ1n) is 8.75. The van der Waals surface area contributed by atoms with Gasteiger partial charge in [-0.1, -0.05) is 31.2 Å². The number of nitrogens with one attached hydrogen (secondary N) is 1. The highest BCUT2D eigenvalue weighted by Gasteiger charge is 2.16. The molecular weight excluding hydrogens is 314 g/mol. The zero-order valence-corrected chi connectivity index (χ0v) is 14.7. The topological polar surface area (TPSA) is 55.4 Å². The smallest absolute Gasteiger partial charge is 0.338 e. The second kappa shape index (κ2) is 7.51. The van der Waals surface area contributed by atoms with Gasteiger partial charge >= 0.3 is 5.97 Å². The molecular formula is C21H23NO3. The molecule has 4 nitrogen and oxygen atoms in total. The Kier molecular flexibility index (Phi) is 5.17. The molecule has 0 saturated carbocycles. The molecule has 0 spiro atoms. The maximum Gasteiger partial charge on any atom is 0.338 e. The van der Waals surface area contributed by atoms with Crippen LogP contribution in [0.1, 0.15) is 46.0 Å². The van der Waals surface area contributed by atoms with Crippen LogP contribution in [-0.2, 0) is 28.8 Å². The standard InChI is InChI=1S/C21H23NO3/c1-3-15-7-4-6-14(2)20(15)22-19(23)13-25-21(24)18-11-10-16-8-5-9-17(16)12-18/h4,6-7,10-12H,3,5,8-9,13H2,1-2H3,(H,22,23). The molecule has 130 valence electrons. The molecule has 1 aliphatic rings. The number of para-hydroxylation sites is 1. The second-order valence-electron chi connectivity index (χ2n) is 6.42. The van der Waals surface area contributed by atoms with Crippen molar-refractivity contribution in [2.45, 2.75) is 39.5 Å². The fourth-order valence-electron chi connectivity index (χ4n) is 3.29. The van der Waals surface area contributed by atoms with Gasteiger partial charge in [0.05, 0.1) is 5.56 Å². The number of rotatable bonds is 5. The molecule has 1 N–H and O–H groups in total. The maximum absolute atomic E-state index is 12.2. The summed E-state index contributed by atoms with van der Waals surface area (Å²) < 4.78 is 5.18. The molecule has 0 aliphatic heterocycles. The van der Waals surface area contributed by atoms with E-state index in [1.807, 2.05) is 44.2 Å². The van der Waals surface area contributed by atoms with E-state index in [4.69, 9.17) is 4.74 Å². The summed E-state index contributed by atoms with van der Waals surface area (Å²) >= 11 is 0. The fraction of sp³-hybridized carbons (Fsp3) is 0.333. The van der Waals surface area contributed by atoms with Gasteiger partial charge in [-0.15, -0.1) is 0 Å². The SMILES string of the molecule is CCc1cccc(C)c1NC(=O)COC(=O)c1ccc2c(c1)CCC2. The summed E-state index contributed by atoms with van der Waals surface area (Å²) in [4.78, 5) is 24.4. The number of hydrogen-bond donors (Lipinski definition) is 1. The number of carbonyl (C=O) groups excluding carboxylic acids is 2. The molecule has 0 aromatic heterocycles. The highest BCUT2D eigenvalue weighted by Crippen LogP contribution is 2.23. The van der Waals surface area contributed by atoms with Crippen LogP contribution in [0.5, 0.6) is 0 Å². The first-order chi connectivity index (χ1) is 12.1. The van der Waals surface area contributed by atoms with E-state index in [9.17, 15) is 9.59 Å². The number of anilines is 1. The van der Waals surface area contributed by atoms with Gasteiger partial charge in [-0.25, -0.2) is 4.79 Å². The third-order valence-corrected chi connectivity index (χ3v) is 4.67. The first kappa shape index (κ1) is 17.2. The normalized spacial score (nSPS) is 12.6. The van der Waals surface area contributed by atoms with Crippen molar-refractivity contribution in [3.05, 3.63) is 64.2 Å². The summed E-state index contributed by atoms with van der Waals surface area (Å²) in [5.41, 5.74) is 5.91. The number of carbonyl (C=O) groups is 2. The van der Waals surface area contributed by atoms with Crippen molar-refractivity contribution in [1.82, 2.24) is 0 Å². The summed E-state index contributed by atoms with van der Waals surface area (Å²) in [7, 11) is 0. The Morgan fingerprint density at radius 2 is 1.92 bits per heavy atom. The molecule has 0 fully saturated rings. The summed E-state index contributed by atoms with van der Waals surface area (Å²) in [6.45, 7) is 3.71. The molecule has 3 rings (SSSR count). The predicted octanol–water partition coefficient (Wildman–Crippen LogP) is 3.84. The van der Waals surface area contributed by atoms with E-state index in [0.717, 1.165) is 42.5 Å². The second-order valence-corrected chi connectivity index (χ2v) is 6.42. The number of ether oxygens (including phenoxy) is 1. The van der Waals surface area contributed by atoms with E-state index >= 15 is 0 Å². The van der Waals surface area contributed by atoms with E-state index in [1.54, 1.807) is 6.07 Å². The highest BCUT2D eigenvalue weighted by molar-refractivity contribution is 5.96. The van der Waals surface area contributed by atoms with Crippen LogP contribution in [0.4, 0.5) is 5.69 Å². The van der Waals surface area contributed by atoms with Gasteiger partial charge in [0.2, 0.25) is 0 Å². The Labute approximate surface area is 148 Å². The van der Waals surface area contributed by atoms with Crippen molar-refractivity contribution in [3.63, 3.8) is 0 Å². The lowest BCUT2D eigenvalue weighted by molar-refractivity contribution is -0.119. The number of fused-ring (bicyclic) bond motifs is 1. The van der Waals surface area contributed by atoms with Crippen molar-refractivity contribution in [2.75, 3.05) is 11.9 Å². The van der Waals surface area contributed by atoms with Gasteiger partial charge in [0.1, 0.15) is 0 Å². The van der Waals surface area contributed by atoms with Gasteiger partial charge in [0.15, 0.2) is 6.61 Å². The minimum atomic E-state index is -0.453. The van der Waals surface area contributed by atoms with Gasteiger partial charge < -0.3 is 10.1 Å². The van der Waals surface area contributed by atoms with Crippen LogP contribution in [0.2, 0.25) is 0 Å². The lowest BCUT2D eigenvalue weighted by Crippen LogP contribution is -2.22. The predicted molar refractivity (Wildman–Crippen MR) is 97.9 cm³/mol. The van der Waals surface area contributed by atoms with Crippen molar-refractivity contribution in [2.24, 2.45) is 0 Å². The average Bonchev–Trinajstić information content (AvgIpc) is 3.09. The molecule has 1 aliphatic carbocycles. The molecule has 0 bridgehead atoms. The Balaban J connectivity index is 1.60. The number of amides is 1. The first-order valence-corrected chi connectivity index (χ1v) is 8.75. The number of esters is 1. The van der Waals surface area contributed by atoms with E-state index in [-0.39, 0.29) is 12.5 Å². The minimum absolute atomic E-state index is 0.284. The van der Waals surface area contributed by atoms with Crippen LogP contribution in [0.25, 0.3) is 0 Å². The molecule has 4 heteroatoms. The zero-order chi connectivity index (χ0) is 17.8. The summed E-state index contributed by atoms with van der Waals surface area (Å²) in [6, 6.07) is 11.6. The summed E-state index contributed by atoms with van der Waals surface area (Å²) in [5.74, 6) is -0.774. The lowest BCUT2D eigenvalue weighted by Gasteiger charge is -2.13. The monoisotopic (exact) mass is 337 g/mol. The summed E-state index contributed by atoms with van der Waals surface area (Å²) in [5, 5.41) is 2.86. The number of benzene rings is 2. The van der Waals surface area contributed by atoms with E-state index in [1.165, 1.54) is 11.1 Å². The molecule has 0 unspecified atom stereocenters. The lowest BCUT2D eigenvalue weighted by atomic mass is 10.1. The van der Waals surface area contributed by atoms with Gasteiger partial charge in [0, 0.05) is 5.69 Å². The van der Waals surface area contributed by atoms with Crippen molar-refractivity contribution in [3.8, 4) is 0 Å². The Morgan fingerprint density at radius 3 is 2.72 bits per heavy atom. The average molecular weight is 337 g/mol. The van der Waals surface area contributed by atoms with Crippen LogP contribution in [-0.4, -0.2) is 18.5 Å². The molecule has 0 saturated heterocycles. The third kappa shape index (κ3) is 3.90. The maximum atomic E-state index is 12.2. The quantitative estimate of drug-likeness (QED) is 0.843. The van der Waals surface area contributed by atoms with Crippen LogP contribution < -0.4 is 5.32 Å². The highest BCUT2D eigenvalue weighted by atomic mass is 16.5. The van der Waals surface area contributed by atoms with Gasteiger partial charge in [-0.05, 0) is 67.0 Å². The van der Waals surface area contributed by atoms with E-state index in [2.05, 4.69) is 5.32 Å². The van der Waals surface area contributed by atoms with Gasteiger partial charge in [-0.2, -0.15) is 0 Å². The fourth-order valence-corrected chi connectivity index (χ4v) is 3.29. The Bertz CT molecular complexity index is 811. The van der Waals surface area contributed by atoms with E-state index in [0.29, 0.717) is 5.56 Å². The van der Waals surface area contributed by atoms with Crippen LogP contribution >= 0.6 is 0 Å². The number of aryl methyl sites for hydroxylation is 4.